The number of rotatable bonds is 1. The van der Waals surface area contributed by atoms with Gasteiger partial charge in [0.05, 0.1) is 11.6 Å². The van der Waals surface area contributed by atoms with Crippen LogP contribution >= 0.6 is 0 Å². The standard InChI is InChI=1S/C9H6N3.CH4O.Y/c1-6-2-3-7(9-11-12-9)4-8(6)5-10;1-2;/h2-4H,1H3;2H,1H3;/q-1;;. The maximum Gasteiger partial charge on any atom is 0.0994 e. The molecule has 1 aromatic carbocycles. The van der Waals surface area contributed by atoms with Crippen molar-refractivity contribution in [3.63, 3.8) is 0 Å². The average molecular weight is 277 g/mol. The molecule has 0 fully saturated rings. The van der Waals surface area contributed by atoms with Gasteiger partial charge in [-0.3, -0.25) is 0 Å². The van der Waals surface area contributed by atoms with E-state index in [4.69, 9.17) is 10.4 Å². The van der Waals surface area contributed by atoms with E-state index in [1.807, 2.05) is 25.1 Å². The summed E-state index contributed by atoms with van der Waals surface area (Å²) in [5.74, 6) is 0.742. The molecule has 2 rings (SSSR count). The summed E-state index contributed by atoms with van der Waals surface area (Å²) in [7, 11) is 1.00. The molecule has 1 heterocycles. The second kappa shape index (κ2) is 6.68. The van der Waals surface area contributed by atoms with Crippen LogP contribution in [0.1, 0.15) is 16.7 Å². The smallest absolute Gasteiger partial charge is 0.0994 e. The van der Waals surface area contributed by atoms with Gasteiger partial charge in [0.2, 0.25) is 0 Å². The molecule has 75 valence electrons. The van der Waals surface area contributed by atoms with Crippen LogP contribution in [0.3, 0.4) is 0 Å². The molecule has 5 heteroatoms. The van der Waals surface area contributed by atoms with Gasteiger partial charge in [-0.05, 0) is 24.1 Å². The van der Waals surface area contributed by atoms with Gasteiger partial charge in [0.25, 0.3) is 0 Å². The summed E-state index contributed by atoms with van der Waals surface area (Å²) in [6.07, 6.45) is 0. The molecule has 0 amide bonds. The molecule has 0 saturated carbocycles. The fraction of sp³-hybridized carbons (Fsp3) is 0.200. The van der Waals surface area contributed by atoms with E-state index in [1.54, 1.807) is 0 Å². The van der Waals surface area contributed by atoms with Crippen molar-refractivity contribution in [2.45, 2.75) is 6.92 Å². The molecule has 0 aliphatic carbocycles. The summed E-state index contributed by atoms with van der Waals surface area (Å²) in [6.45, 7) is 1.91. The van der Waals surface area contributed by atoms with E-state index < -0.39 is 0 Å². The number of aryl methyl sites for hydroxylation is 1. The number of hydrogen-bond donors (Lipinski definition) is 1. The van der Waals surface area contributed by atoms with Gasteiger partial charge in [0.1, 0.15) is 0 Å². The molecule has 1 N–H and O–H groups in total. The number of benzene rings is 1. The molecule has 0 unspecified atom stereocenters. The van der Waals surface area contributed by atoms with E-state index in [0.29, 0.717) is 5.56 Å². The monoisotopic (exact) mass is 277 g/mol. The van der Waals surface area contributed by atoms with Gasteiger partial charge in [-0.1, -0.05) is 18.0 Å². The zero-order valence-corrected chi connectivity index (χ0v) is 11.4. The van der Waals surface area contributed by atoms with Crippen molar-refractivity contribution in [3.05, 3.63) is 40.3 Å². The summed E-state index contributed by atoms with van der Waals surface area (Å²) in [4.78, 5) is 0. The number of nitrogens with zero attached hydrogens (tertiary/aromatic N) is 3. The van der Waals surface area contributed by atoms with Gasteiger partial charge < -0.3 is 15.6 Å². The van der Waals surface area contributed by atoms with Crippen LogP contribution in [0, 0.1) is 18.3 Å². The van der Waals surface area contributed by atoms with Crippen LogP contribution < -0.4 is 0 Å². The van der Waals surface area contributed by atoms with Crippen molar-refractivity contribution in [3.8, 4) is 6.07 Å². The molecule has 0 spiro atoms. The predicted octanol–water partition coefficient (Wildman–Crippen LogP) is 1.52. The van der Waals surface area contributed by atoms with Crippen molar-refractivity contribution in [2.75, 3.05) is 7.11 Å². The molecule has 0 atom stereocenters. The van der Waals surface area contributed by atoms with Crippen molar-refractivity contribution in [1.82, 2.24) is 0 Å². The number of aliphatic hydroxyl groups is 1. The van der Waals surface area contributed by atoms with Crippen LogP contribution in [0.2, 0.25) is 0 Å². The molecule has 4 nitrogen and oxygen atoms in total. The zero-order valence-electron chi connectivity index (χ0n) is 8.60. The Morgan fingerprint density at radius 3 is 2.47 bits per heavy atom. The first kappa shape index (κ1) is 14.2. The maximum absolute atomic E-state index is 8.72. The Labute approximate surface area is 114 Å². The summed E-state index contributed by atoms with van der Waals surface area (Å²) in [5, 5.41) is 19.4. The first-order valence-corrected chi connectivity index (χ1v) is 4.06. The second-order valence-electron chi connectivity index (χ2n) is 2.67. The minimum absolute atomic E-state index is 0. The number of aliphatic hydroxyl groups excluding tert-OH is 1. The van der Waals surface area contributed by atoms with E-state index in [0.717, 1.165) is 24.1 Å². The van der Waals surface area contributed by atoms with Crippen molar-refractivity contribution in [1.29, 1.82) is 5.26 Å². The van der Waals surface area contributed by atoms with Crippen LogP contribution in [-0.4, -0.2) is 18.1 Å². The summed E-state index contributed by atoms with van der Waals surface area (Å²) < 4.78 is 0. The van der Waals surface area contributed by atoms with Crippen molar-refractivity contribution in [2.24, 2.45) is 5.10 Å². The zero-order chi connectivity index (χ0) is 10.6. The molecule has 15 heavy (non-hydrogen) atoms. The largest absolute Gasteiger partial charge is 0.465 e. The predicted molar refractivity (Wildman–Crippen MR) is 53.9 cm³/mol. The third kappa shape index (κ3) is 3.71. The Bertz CT molecular complexity index is 410. The Morgan fingerprint density at radius 1 is 1.40 bits per heavy atom. The number of nitriles is 1. The number of hydrogen-bond acceptors (Lipinski definition) is 3. The Morgan fingerprint density at radius 2 is 2.00 bits per heavy atom. The van der Waals surface area contributed by atoms with E-state index in [1.165, 1.54) is 0 Å². The van der Waals surface area contributed by atoms with Crippen LogP contribution in [-0.2, 0) is 32.7 Å². The van der Waals surface area contributed by atoms with Gasteiger partial charge >= 0.3 is 0 Å². The summed E-state index contributed by atoms with van der Waals surface area (Å²) >= 11 is 0. The fourth-order valence-electron chi connectivity index (χ4n) is 1.02. The minimum atomic E-state index is 0. The van der Waals surface area contributed by atoms with E-state index in [2.05, 4.69) is 16.6 Å². The molecule has 1 aliphatic rings. The molecular formula is C10H10N3OY-. The van der Waals surface area contributed by atoms with Gasteiger partial charge in [0.15, 0.2) is 0 Å². The molecule has 1 aromatic rings. The van der Waals surface area contributed by atoms with Gasteiger partial charge in [-0.15, -0.1) is 0 Å². The topological polar surface area (TPSA) is 70.5 Å². The average Bonchev–Trinajstić information content (AvgIpc) is 3.05. The van der Waals surface area contributed by atoms with Crippen molar-refractivity contribution < 1.29 is 37.8 Å². The van der Waals surface area contributed by atoms with Crippen LogP contribution in [0.4, 0.5) is 0 Å². The Balaban J connectivity index is 0.000000617. The molecule has 0 saturated heterocycles. The molecule has 0 aromatic heterocycles. The molecule has 0 bridgehead atoms. The summed E-state index contributed by atoms with van der Waals surface area (Å²) in [5.41, 5.74) is 6.32. The first-order valence-electron chi connectivity index (χ1n) is 4.06. The normalized spacial score (nSPS) is 10.7. The molecule has 1 radical (unpaired) electrons. The van der Waals surface area contributed by atoms with Gasteiger partial charge in [-0.25, -0.2) is 0 Å². The van der Waals surface area contributed by atoms with Crippen LogP contribution in [0.5, 0.6) is 0 Å². The third-order valence-electron chi connectivity index (χ3n) is 1.82. The maximum atomic E-state index is 8.72. The van der Waals surface area contributed by atoms with E-state index >= 15 is 0 Å². The number of amidine groups is 1. The summed E-state index contributed by atoms with van der Waals surface area (Å²) in [6, 6.07) is 7.76. The van der Waals surface area contributed by atoms with Crippen LogP contribution in [0.15, 0.2) is 23.3 Å². The Kier molecular flexibility index (Phi) is 6.34. The van der Waals surface area contributed by atoms with Crippen LogP contribution in [0.25, 0.3) is 5.43 Å². The first-order chi connectivity index (χ1) is 6.81. The van der Waals surface area contributed by atoms with Crippen molar-refractivity contribution >= 4 is 5.84 Å². The van der Waals surface area contributed by atoms with E-state index in [-0.39, 0.29) is 32.7 Å². The van der Waals surface area contributed by atoms with E-state index in [9.17, 15) is 0 Å². The van der Waals surface area contributed by atoms with Gasteiger partial charge in [-0.2, -0.15) is 5.26 Å². The Hall–Kier alpha value is -0.756. The quantitative estimate of drug-likeness (QED) is 0.845. The third-order valence-corrected chi connectivity index (χ3v) is 1.82. The molecular weight excluding hydrogens is 267 g/mol. The minimum Gasteiger partial charge on any atom is -0.465 e. The molecule has 1 aliphatic heterocycles. The van der Waals surface area contributed by atoms with Gasteiger partial charge in [0, 0.05) is 39.8 Å². The second-order valence-corrected chi connectivity index (χ2v) is 2.67. The SMILES string of the molecule is CO.Cc1ccc(C2=N[N-]2)cc1C#N.[Y]. The fourth-order valence-corrected chi connectivity index (χ4v) is 1.02.